The molecule has 0 aliphatic carbocycles. The van der Waals surface area contributed by atoms with Crippen molar-refractivity contribution in [2.75, 3.05) is 0 Å². The summed E-state index contributed by atoms with van der Waals surface area (Å²) in [5, 5.41) is 6.33. The topological polar surface area (TPSA) is 96.2 Å². The third-order valence-corrected chi connectivity index (χ3v) is 8.20. The van der Waals surface area contributed by atoms with Crippen molar-refractivity contribution in [2.45, 2.75) is 24.4 Å². The molecule has 33 heavy (non-hydrogen) atoms. The fourth-order valence-corrected chi connectivity index (χ4v) is 6.40. The maximum absolute atomic E-state index is 13.6. The van der Waals surface area contributed by atoms with E-state index in [0.29, 0.717) is 13.1 Å². The Labute approximate surface area is 207 Å². The van der Waals surface area contributed by atoms with Crippen LogP contribution in [0.5, 0.6) is 0 Å². The lowest BCUT2D eigenvalue weighted by Crippen LogP contribution is -2.61. The predicted molar refractivity (Wildman–Crippen MR) is 130 cm³/mol. The predicted octanol–water partition coefficient (Wildman–Crippen LogP) is 4.16. The molecule has 4 amide bonds. The molecule has 0 bridgehead atoms. The van der Waals surface area contributed by atoms with Gasteiger partial charge in [-0.25, -0.2) is 9.59 Å². The summed E-state index contributed by atoms with van der Waals surface area (Å²) in [6.45, 7) is 0.687. The molecular formula is C24H20Br2N4O3. The molecule has 3 aromatic rings. The van der Waals surface area contributed by atoms with E-state index in [0.717, 1.165) is 31.2 Å². The molecule has 2 saturated heterocycles. The van der Waals surface area contributed by atoms with Gasteiger partial charge < -0.3 is 16.1 Å². The molecule has 4 N–H and O–H groups in total. The van der Waals surface area contributed by atoms with Gasteiger partial charge in [-0.15, -0.1) is 0 Å². The second kappa shape index (κ2) is 7.58. The first kappa shape index (κ1) is 21.9. The van der Waals surface area contributed by atoms with E-state index in [1.807, 2.05) is 72.8 Å². The Balaban J connectivity index is 0.00000228. The van der Waals surface area contributed by atoms with Crippen molar-refractivity contribution in [1.29, 1.82) is 0 Å². The largest absolute Gasteiger partial charge is 0.412 e. The maximum atomic E-state index is 13.6. The normalized spacial score (nSPS) is 24.9. The fourth-order valence-electron chi connectivity index (χ4n) is 5.40. The molecule has 9 heteroatoms. The van der Waals surface area contributed by atoms with Gasteiger partial charge in [-0.05, 0) is 23.3 Å². The number of carbonyl (C=O) groups excluding carboxylic acids is 2. The summed E-state index contributed by atoms with van der Waals surface area (Å²) in [4.78, 5) is 30.8. The third kappa shape index (κ3) is 2.70. The smallest absolute Gasteiger partial charge is 0.322 e. The van der Waals surface area contributed by atoms with Gasteiger partial charge in [0.25, 0.3) is 0 Å². The van der Waals surface area contributed by atoms with Crippen LogP contribution in [-0.4, -0.2) is 27.3 Å². The van der Waals surface area contributed by atoms with Crippen molar-refractivity contribution < 1.29 is 15.1 Å². The molecule has 0 saturated carbocycles. The van der Waals surface area contributed by atoms with Gasteiger partial charge in [0, 0.05) is 20.1 Å². The highest BCUT2D eigenvalue weighted by atomic mass is 79.9. The first-order valence-corrected chi connectivity index (χ1v) is 11.8. The molecule has 0 radical (unpaired) electrons. The molecule has 3 aliphatic heterocycles. The highest BCUT2D eigenvalue weighted by molar-refractivity contribution is 9.11. The Morgan fingerprint density at radius 3 is 1.55 bits per heavy atom. The second-order valence-electron chi connectivity index (χ2n) is 8.17. The van der Waals surface area contributed by atoms with Crippen LogP contribution in [0.4, 0.5) is 9.59 Å². The minimum absolute atomic E-state index is 0. The SMILES string of the molecule is O.O=C1NC2(c3ccccc3)NC(=O)N3Cc4c(Br)ccc(Br)c4CN1C32c1ccccc1. The van der Waals surface area contributed by atoms with Gasteiger partial charge >= 0.3 is 12.1 Å². The Morgan fingerprint density at radius 1 is 0.667 bits per heavy atom. The van der Waals surface area contributed by atoms with E-state index in [4.69, 9.17) is 0 Å². The summed E-state index contributed by atoms with van der Waals surface area (Å²) in [5.74, 6) is 0. The molecule has 3 heterocycles. The lowest BCUT2D eigenvalue weighted by molar-refractivity contribution is -0.0154. The van der Waals surface area contributed by atoms with Gasteiger partial charge in [0.1, 0.15) is 0 Å². The molecule has 168 valence electrons. The number of urea groups is 2. The number of amides is 4. The molecule has 6 rings (SSSR count). The van der Waals surface area contributed by atoms with Gasteiger partial charge in [-0.1, -0.05) is 92.5 Å². The molecule has 3 aliphatic rings. The number of rotatable bonds is 2. The quantitative estimate of drug-likeness (QED) is 0.483. The van der Waals surface area contributed by atoms with Gasteiger partial charge in [-0.2, -0.15) is 0 Å². The van der Waals surface area contributed by atoms with Crippen LogP contribution in [0, 0.1) is 0 Å². The highest BCUT2D eigenvalue weighted by Gasteiger charge is 2.74. The Kier molecular flexibility index (Phi) is 5.04. The average Bonchev–Trinajstić information content (AvgIpc) is 3.10. The molecule has 7 nitrogen and oxygen atoms in total. The van der Waals surface area contributed by atoms with E-state index >= 15 is 0 Å². The van der Waals surface area contributed by atoms with Crippen LogP contribution in [0.2, 0.25) is 0 Å². The lowest BCUT2D eigenvalue weighted by Gasteiger charge is -2.45. The van der Waals surface area contributed by atoms with Crippen LogP contribution >= 0.6 is 31.9 Å². The second-order valence-corrected chi connectivity index (χ2v) is 9.88. The highest BCUT2D eigenvalue weighted by Crippen LogP contribution is 2.56. The minimum atomic E-state index is -1.15. The third-order valence-electron chi connectivity index (χ3n) is 6.72. The summed E-state index contributed by atoms with van der Waals surface area (Å²) in [7, 11) is 0. The Morgan fingerprint density at radius 2 is 1.09 bits per heavy atom. The number of carbonyl (C=O) groups is 2. The zero-order chi connectivity index (χ0) is 22.1. The zero-order valence-electron chi connectivity index (χ0n) is 17.3. The molecule has 0 spiro atoms. The van der Waals surface area contributed by atoms with Crippen molar-refractivity contribution in [2.24, 2.45) is 0 Å². The summed E-state index contributed by atoms with van der Waals surface area (Å²) in [6, 6.07) is 22.9. The van der Waals surface area contributed by atoms with Crippen LogP contribution in [0.1, 0.15) is 22.3 Å². The Hall–Kier alpha value is -2.88. The van der Waals surface area contributed by atoms with E-state index in [-0.39, 0.29) is 17.5 Å². The Bertz CT molecular complexity index is 1220. The first-order valence-electron chi connectivity index (χ1n) is 10.3. The van der Waals surface area contributed by atoms with Crippen LogP contribution in [0.15, 0.2) is 81.7 Å². The summed E-state index contributed by atoms with van der Waals surface area (Å²) >= 11 is 7.34. The number of fused-ring (bicyclic) bond motifs is 1. The number of nitrogens with one attached hydrogen (secondary N) is 2. The van der Waals surface area contributed by atoms with Gasteiger partial charge in [0.05, 0.1) is 13.1 Å². The van der Waals surface area contributed by atoms with Crippen LogP contribution < -0.4 is 10.6 Å². The van der Waals surface area contributed by atoms with Gasteiger partial charge in [0.15, 0.2) is 11.3 Å². The van der Waals surface area contributed by atoms with Crippen molar-refractivity contribution in [3.63, 3.8) is 0 Å². The molecule has 2 fully saturated rings. The zero-order valence-corrected chi connectivity index (χ0v) is 20.5. The number of halogens is 2. The first-order chi connectivity index (χ1) is 15.5. The van der Waals surface area contributed by atoms with Crippen LogP contribution in [0.25, 0.3) is 0 Å². The van der Waals surface area contributed by atoms with E-state index in [1.54, 1.807) is 9.80 Å². The van der Waals surface area contributed by atoms with Gasteiger partial charge in [0.2, 0.25) is 0 Å². The monoisotopic (exact) mass is 570 g/mol. The van der Waals surface area contributed by atoms with Gasteiger partial charge in [-0.3, -0.25) is 9.80 Å². The lowest BCUT2D eigenvalue weighted by atomic mass is 9.81. The molecular weight excluding hydrogens is 552 g/mol. The number of nitrogens with zero attached hydrogens (tertiary/aromatic N) is 2. The van der Waals surface area contributed by atoms with Crippen molar-refractivity contribution >= 4 is 43.9 Å². The van der Waals surface area contributed by atoms with Crippen LogP contribution in [-0.2, 0) is 24.4 Å². The van der Waals surface area contributed by atoms with E-state index in [9.17, 15) is 9.59 Å². The maximum Gasteiger partial charge on any atom is 0.322 e. The average molecular weight is 572 g/mol. The van der Waals surface area contributed by atoms with Crippen molar-refractivity contribution in [3.05, 3.63) is 104 Å². The summed E-state index contributed by atoms with van der Waals surface area (Å²) in [6.07, 6.45) is 0. The number of hydrogen-bond donors (Lipinski definition) is 2. The van der Waals surface area contributed by atoms with Crippen molar-refractivity contribution in [1.82, 2.24) is 20.4 Å². The molecule has 0 atom stereocenters. The van der Waals surface area contributed by atoms with E-state index in [2.05, 4.69) is 42.5 Å². The molecule has 0 aromatic heterocycles. The molecule has 3 aromatic carbocycles. The summed E-state index contributed by atoms with van der Waals surface area (Å²) < 4.78 is 1.82. The fraction of sp³-hybridized carbons (Fsp3) is 0.167. The minimum Gasteiger partial charge on any atom is -0.412 e. The standard InChI is InChI=1S/C24H18Br2N4O2.H2O/c25-19-11-12-20(26)18-14-30-22(32)28-23(15-7-3-1-4-8-15)24(30,16-9-5-2-6-10-16)29(13-17(18)19)21(31)27-23;/h1-12H,13-14H2,(H,27,31)(H,28,32);1H2. The number of benzene rings is 3. The van der Waals surface area contributed by atoms with E-state index in [1.165, 1.54) is 0 Å². The van der Waals surface area contributed by atoms with Crippen molar-refractivity contribution in [3.8, 4) is 0 Å². The summed E-state index contributed by atoms with van der Waals surface area (Å²) in [5.41, 5.74) is 1.40. The van der Waals surface area contributed by atoms with E-state index < -0.39 is 11.3 Å². The molecule has 0 unspecified atom stereocenters. The number of hydrogen-bond acceptors (Lipinski definition) is 2. The van der Waals surface area contributed by atoms with Crippen LogP contribution in [0.3, 0.4) is 0 Å².